The SMILES string of the molecule is COc1cccc(CNC(=O)[C@H]2Cc3ccccc3CN2S(=O)(=O)c2cc(C)ccc2C)c1. The molecule has 1 aliphatic heterocycles. The molecule has 1 atom stereocenters. The van der Waals surface area contributed by atoms with Gasteiger partial charge in [0.1, 0.15) is 11.8 Å². The van der Waals surface area contributed by atoms with E-state index in [1.54, 1.807) is 26.2 Å². The molecular formula is C26H28N2O4S. The number of hydrogen-bond acceptors (Lipinski definition) is 4. The molecule has 6 nitrogen and oxygen atoms in total. The summed E-state index contributed by atoms with van der Waals surface area (Å²) < 4.78 is 34.1. The molecule has 0 saturated carbocycles. The van der Waals surface area contributed by atoms with Crippen LogP contribution in [0.1, 0.15) is 27.8 Å². The van der Waals surface area contributed by atoms with E-state index in [4.69, 9.17) is 4.74 Å². The first-order chi connectivity index (χ1) is 15.8. The lowest BCUT2D eigenvalue weighted by Gasteiger charge is -2.35. The van der Waals surface area contributed by atoms with Crippen molar-refractivity contribution in [3.05, 3.63) is 94.5 Å². The Hall–Kier alpha value is -3.16. The molecule has 1 amide bonds. The maximum atomic E-state index is 13.8. The van der Waals surface area contributed by atoms with Gasteiger partial charge in [-0.2, -0.15) is 4.31 Å². The highest BCUT2D eigenvalue weighted by Gasteiger charge is 2.40. The molecule has 0 unspecified atom stereocenters. The van der Waals surface area contributed by atoms with E-state index < -0.39 is 16.1 Å². The van der Waals surface area contributed by atoms with Gasteiger partial charge in [0.15, 0.2) is 0 Å². The van der Waals surface area contributed by atoms with Crippen molar-refractivity contribution in [3.63, 3.8) is 0 Å². The number of carbonyl (C=O) groups excluding carboxylic acids is 1. The summed E-state index contributed by atoms with van der Waals surface area (Å²) in [5.41, 5.74) is 4.31. The van der Waals surface area contributed by atoms with Crippen molar-refractivity contribution < 1.29 is 17.9 Å². The molecule has 1 N–H and O–H groups in total. The van der Waals surface area contributed by atoms with Gasteiger partial charge in [0.2, 0.25) is 15.9 Å². The number of ether oxygens (including phenoxy) is 1. The quantitative estimate of drug-likeness (QED) is 0.603. The number of nitrogens with one attached hydrogen (secondary N) is 1. The summed E-state index contributed by atoms with van der Waals surface area (Å²) in [4.78, 5) is 13.6. The monoisotopic (exact) mass is 464 g/mol. The molecule has 0 aromatic heterocycles. The van der Waals surface area contributed by atoms with Crippen LogP contribution in [-0.2, 0) is 34.3 Å². The highest BCUT2D eigenvalue weighted by Crippen LogP contribution is 2.31. The number of rotatable bonds is 6. The number of carbonyl (C=O) groups is 1. The molecule has 1 aliphatic rings. The van der Waals surface area contributed by atoms with E-state index in [0.29, 0.717) is 17.7 Å². The van der Waals surface area contributed by atoms with E-state index in [1.807, 2.05) is 61.5 Å². The van der Waals surface area contributed by atoms with E-state index in [2.05, 4.69) is 5.32 Å². The molecule has 3 aromatic rings. The zero-order valence-electron chi connectivity index (χ0n) is 19.0. The van der Waals surface area contributed by atoms with Crippen molar-refractivity contribution >= 4 is 15.9 Å². The number of amides is 1. The molecule has 0 aliphatic carbocycles. The Balaban J connectivity index is 1.66. The lowest BCUT2D eigenvalue weighted by Crippen LogP contribution is -2.52. The largest absolute Gasteiger partial charge is 0.497 e. The summed E-state index contributed by atoms with van der Waals surface area (Å²) in [6.07, 6.45) is 0.324. The Kier molecular flexibility index (Phi) is 6.54. The van der Waals surface area contributed by atoms with Crippen LogP contribution in [0.5, 0.6) is 5.75 Å². The van der Waals surface area contributed by atoms with Crippen LogP contribution in [0, 0.1) is 13.8 Å². The van der Waals surface area contributed by atoms with Gasteiger partial charge in [-0.25, -0.2) is 8.42 Å². The molecule has 4 rings (SSSR count). The van der Waals surface area contributed by atoms with Gasteiger partial charge in [0, 0.05) is 13.1 Å². The first kappa shape index (κ1) is 23.0. The zero-order valence-corrected chi connectivity index (χ0v) is 19.9. The van der Waals surface area contributed by atoms with Gasteiger partial charge in [-0.3, -0.25) is 4.79 Å². The fourth-order valence-corrected chi connectivity index (χ4v) is 6.05. The standard InChI is InChI=1S/C26H28N2O4S/c1-18-11-12-19(2)25(13-18)33(30,31)28-17-22-9-5-4-8-21(22)15-24(28)26(29)27-16-20-7-6-10-23(14-20)32-3/h4-14,24H,15-17H2,1-3H3,(H,27,29)/t24-/m1/s1. The van der Waals surface area contributed by atoms with Crippen molar-refractivity contribution in [1.82, 2.24) is 9.62 Å². The third kappa shape index (κ3) is 4.79. The number of sulfonamides is 1. The van der Waals surface area contributed by atoms with Crippen molar-refractivity contribution in [2.24, 2.45) is 0 Å². The molecule has 0 saturated heterocycles. The van der Waals surface area contributed by atoms with Gasteiger partial charge in [-0.1, -0.05) is 48.5 Å². The molecule has 0 fully saturated rings. The number of methoxy groups -OCH3 is 1. The summed E-state index contributed by atoms with van der Waals surface area (Å²) in [5, 5.41) is 2.93. The maximum absolute atomic E-state index is 13.8. The van der Waals surface area contributed by atoms with Crippen LogP contribution in [0.25, 0.3) is 0 Å². The molecule has 1 heterocycles. The number of aryl methyl sites for hydroxylation is 2. The third-order valence-electron chi connectivity index (χ3n) is 6.04. The summed E-state index contributed by atoms with van der Waals surface area (Å²) in [7, 11) is -2.30. The van der Waals surface area contributed by atoms with Crippen molar-refractivity contribution in [2.45, 2.75) is 44.3 Å². The Bertz CT molecular complexity index is 1290. The Morgan fingerprint density at radius 1 is 1.03 bits per heavy atom. The average molecular weight is 465 g/mol. The Labute approximate surface area is 195 Å². The van der Waals surface area contributed by atoms with Crippen LogP contribution in [-0.4, -0.2) is 31.8 Å². The van der Waals surface area contributed by atoms with Crippen LogP contribution in [0.4, 0.5) is 0 Å². The molecular weight excluding hydrogens is 436 g/mol. The van der Waals surface area contributed by atoms with Crippen LogP contribution in [0.3, 0.4) is 0 Å². The average Bonchev–Trinajstić information content (AvgIpc) is 2.83. The molecule has 172 valence electrons. The smallest absolute Gasteiger partial charge is 0.244 e. The predicted octanol–water partition coefficient (Wildman–Crippen LogP) is 3.74. The van der Waals surface area contributed by atoms with Crippen LogP contribution in [0.15, 0.2) is 71.6 Å². The highest BCUT2D eigenvalue weighted by molar-refractivity contribution is 7.89. The Morgan fingerprint density at radius 2 is 1.79 bits per heavy atom. The fraction of sp³-hybridized carbons (Fsp3) is 0.269. The van der Waals surface area contributed by atoms with Crippen LogP contribution >= 0.6 is 0 Å². The molecule has 33 heavy (non-hydrogen) atoms. The second kappa shape index (κ2) is 9.37. The van der Waals surface area contributed by atoms with Gasteiger partial charge in [-0.15, -0.1) is 0 Å². The minimum Gasteiger partial charge on any atom is -0.497 e. The summed E-state index contributed by atoms with van der Waals surface area (Å²) in [5.74, 6) is 0.383. The van der Waals surface area contributed by atoms with Crippen molar-refractivity contribution in [3.8, 4) is 5.75 Å². The third-order valence-corrected chi connectivity index (χ3v) is 8.04. The topological polar surface area (TPSA) is 75.7 Å². The van der Waals surface area contributed by atoms with Crippen molar-refractivity contribution in [1.29, 1.82) is 0 Å². The van der Waals surface area contributed by atoms with Gasteiger partial charge < -0.3 is 10.1 Å². The van der Waals surface area contributed by atoms with E-state index >= 15 is 0 Å². The second-order valence-corrected chi connectivity index (χ2v) is 10.2. The molecule has 0 bridgehead atoms. The first-order valence-corrected chi connectivity index (χ1v) is 12.3. The summed E-state index contributed by atoms with van der Waals surface area (Å²) in [6.45, 7) is 4.08. The molecule has 7 heteroatoms. The van der Waals surface area contributed by atoms with Gasteiger partial charge in [0.25, 0.3) is 0 Å². The normalized spacial score (nSPS) is 16.2. The molecule has 3 aromatic carbocycles. The lowest BCUT2D eigenvalue weighted by molar-refractivity contribution is -0.125. The number of fused-ring (bicyclic) bond motifs is 1. The number of hydrogen-bond donors (Lipinski definition) is 1. The fourth-order valence-electron chi connectivity index (χ4n) is 4.18. The van der Waals surface area contributed by atoms with Crippen molar-refractivity contribution in [2.75, 3.05) is 7.11 Å². The predicted molar refractivity (Wildman–Crippen MR) is 127 cm³/mol. The van der Waals surface area contributed by atoms with Crippen LogP contribution in [0.2, 0.25) is 0 Å². The maximum Gasteiger partial charge on any atom is 0.244 e. The summed E-state index contributed by atoms with van der Waals surface area (Å²) in [6, 6.07) is 19.7. The molecule has 0 spiro atoms. The van der Waals surface area contributed by atoms with Gasteiger partial charge >= 0.3 is 0 Å². The molecule has 0 radical (unpaired) electrons. The number of nitrogens with zero attached hydrogens (tertiary/aromatic N) is 1. The van der Waals surface area contributed by atoms with E-state index in [9.17, 15) is 13.2 Å². The van der Waals surface area contributed by atoms with E-state index in [-0.39, 0.29) is 23.9 Å². The summed E-state index contributed by atoms with van der Waals surface area (Å²) >= 11 is 0. The van der Waals surface area contributed by atoms with Gasteiger partial charge in [-0.05, 0) is 66.3 Å². The number of benzene rings is 3. The minimum atomic E-state index is -3.89. The Morgan fingerprint density at radius 3 is 2.55 bits per heavy atom. The van der Waals surface area contributed by atoms with Gasteiger partial charge in [0.05, 0.1) is 12.0 Å². The zero-order chi connectivity index (χ0) is 23.6. The first-order valence-electron chi connectivity index (χ1n) is 10.9. The van der Waals surface area contributed by atoms with Crippen LogP contribution < -0.4 is 10.1 Å². The lowest BCUT2D eigenvalue weighted by atomic mass is 9.95. The minimum absolute atomic E-state index is 0.156. The second-order valence-electron chi connectivity index (χ2n) is 8.38. The van der Waals surface area contributed by atoms with E-state index in [0.717, 1.165) is 22.3 Å². The van der Waals surface area contributed by atoms with E-state index in [1.165, 1.54) is 4.31 Å². The highest BCUT2D eigenvalue weighted by atomic mass is 32.2.